The summed E-state index contributed by atoms with van der Waals surface area (Å²) in [6.45, 7) is 96.3. The molecule has 0 radical (unpaired) electrons. The lowest BCUT2D eigenvalue weighted by Gasteiger charge is -2.51. The molecule has 0 bridgehead atoms. The highest BCUT2D eigenvalue weighted by Crippen LogP contribution is 2.54. The smallest absolute Gasteiger partial charge is 0.118 e. The van der Waals surface area contributed by atoms with Crippen molar-refractivity contribution in [3.63, 3.8) is 0 Å². The van der Waals surface area contributed by atoms with E-state index in [-0.39, 0.29) is 46.3 Å². The van der Waals surface area contributed by atoms with E-state index in [9.17, 15) is 22.0 Å². The molecule has 101 heavy (non-hydrogen) atoms. The first-order valence-corrected chi connectivity index (χ1v) is 42.7. The zero-order chi connectivity index (χ0) is 82.6. The third kappa shape index (κ3) is 48.6. The minimum absolute atomic E-state index is 0.0994. The Kier molecular flexibility index (Phi) is 56.7. The number of rotatable bonds is 22. The first-order chi connectivity index (χ1) is 44.9. The standard InChI is InChI=1S/C16H33F.C14H29F.2C12H25F.C9H17F.C7H13F.C7H16.C6H11F.C6H14.C5H12/c1-10(2)14(11(3)4)16(9,17)15(12(5)6)13(7)8;1-8-12(5,9-2)14(7,15)13(6,10-3)11-4;1-8(2)11(9(3)4)12(7,13)10(5)6;1-6-10(7-2)12(5,13)11(8-3)9-4;1-8(2)4-6-9(3,10)7-5-8;1-7(8)5-3-2-4-6-7;1-6(2)7(3,4)5;1-6(7)4-2-3-5-6;1-5-6(2,3)4;1-5(2,3)4/h10-15H,1-9H3;8-11H2,1-7H3;8-11H,1-7H3;10-11H,6-9H2,1-5H3;4-7H2,1-3H3;2-6H2,1H3;6H,1-5H3;2-5H2,1H3;5H2,1-4H3;1-4H3. The van der Waals surface area contributed by atoms with Crippen LogP contribution in [0.3, 0.4) is 0 Å². The summed E-state index contributed by atoms with van der Waals surface area (Å²) < 4.78 is 98.1. The predicted molar refractivity (Wildman–Crippen MR) is 449 cm³/mol. The van der Waals surface area contributed by atoms with E-state index >= 15 is 8.78 Å². The molecule has 7 heteroatoms. The van der Waals surface area contributed by atoms with Gasteiger partial charge in [0.05, 0.1) is 0 Å². The number of hydrogen-bond donors (Lipinski definition) is 0. The first-order valence-electron chi connectivity index (χ1n) is 42.7. The lowest BCUT2D eigenvalue weighted by Crippen LogP contribution is -2.51. The maximum absolute atomic E-state index is 15.4. The van der Waals surface area contributed by atoms with Crippen molar-refractivity contribution < 1.29 is 30.7 Å². The SMILES string of the molecule is CC(C)(C)C.CC(C)C(C(C)C)C(C)(F)C(C(C)C)C(C)C.CC(C)C(C(C)C)C(C)(F)C(C)C.CC(C)C(C)(C)C.CC1(C)CCC(C)(F)CC1.CC1(F)CCCC1.CC1(F)CCCCC1.CCC(C)(C)C.CCC(C)(CC)C(C)(F)C(C)(CC)CC.CCC(CC)C(C)(F)C(CC)CC. The quantitative estimate of drug-likeness (QED) is 0.0948. The molecule has 0 nitrogen and oxygen atoms in total. The third-order valence-corrected chi connectivity index (χ3v) is 25.3. The molecule has 1 atom stereocenters. The fourth-order valence-corrected chi connectivity index (χ4v) is 15.7. The zero-order valence-corrected chi connectivity index (χ0v) is 78.2. The highest BCUT2D eigenvalue weighted by atomic mass is 19.2. The molecule has 3 saturated carbocycles. The molecule has 0 N–H and O–H groups in total. The molecular formula is C94H195F7. The monoisotopic (exact) mass is 1460 g/mol. The van der Waals surface area contributed by atoms with Gasteiger partial charge in [0, 0.05) is 10.8 Å². The van der Waals surface area contributed by atoms with Crippen LogP contribution in [0, 0.1) is 109 Å². The van der Waals surface area contributed by atoms with Crippen LogP contribution in [-0.4, -0.2) is 39.7 Å². The zero-order valence-electron chi connectivity index (χ0n) is 78.2. The van der Waals surface area contributed by atoms with Crippen molar-refractivity contribution in [2.45, 2.75) is 499 Å². The highest BCUT2D eigenvalue weighted by molar-refractivity contribution is 5.03. The Morgan fingerprint density at radius 1 is 0.287 bits per heavy atom. The Bertz CT molecular complexity index is 1780. The van der Waals surface area contributed by atoms with Gasteiger partial charge in [-0.15, -0.1) is 0 Å². The molecule has 0 saturated heterocycles. The summed E-state index contributed by atoms with van der Waals surface area (Å²) in [6.07, 6.45) is 21.1. The average molecular weight is 1460 g/mol. The van der Waals surface area contributed by atoms with Gasteiger partial charge in [-0.3, -0.25) is 0 Å². The summed E-state index contributed by atoms with van der Waals surface area (Å²) in [5.41, 5.74) is -5.13. The van der Waals surface area contributed by atoms with Gasteiger partial charge in [-0.2, -0.15) is 0 Å². The van der Waals surface area contributed by atoms with Crippen molar-refractivity contribution in [1.29, 1.82) is 0 Å². The fraction of sp³-hybridized carbons (Fsp3) is 1.00. The second kappa shape index (κ2) is 50.3. The number of hydrogen-bond acceptors (Lipinski definition) is 0. The highest BCUT2D eigenvalue weighted by Gasteiger charge is 2.53. The topological polar surface area (TPSA) is 0 Å². The summed E-state index contributed by atoms with van der Waals surface area (Å²) in [6, 6.07) is 0. The van der Waals surface area contributed by atoms with E-state index in [4.69, 9.17) is 0 Å². The molecular weight excluding hydrogens is 1260 g/mol. The van der Waals surface area contributed by atoms with Gasteiger partial charge in [-0.1, -0.05) is 334 Å². The third-order valence-electron chi connectivity index (χ3n) is 25.3. The Labute approximate surface area is 636 Å². The van der Waals surface area contributed by atoms with Crippen molar-refractivity contribution in [2.24, 2.45) is 109 Å². The maximum Gasteiger partial charge on any atom is 0.118 e. The van der Waals surface area contributed by atoms with Crippen molar-refractivity contribution in [3.8, 4) is 0 Å². The first kappa shape index (κ1) is 114. The van der Waals surface area contributed by atoms with E-state index in [2.05, 4.69) is 256 Å². The van der Waals surface area contributed by atoms with Crippen LogP contribution in [0.4, 0.5) is 30.7 Å². The molecule has 3 fully saturated rings. The molecule has 0 amide bonds. The molecule has 0 aromatic heterocycles. The minimum atomic E-state index is -1.09. The molecule has 1 unspecified atom stereocenters. The van der Waals surface area contributed by atoms with Gasteiger partial charge in [-0.25, -0.2) is 30.7 Å². The van der Waals surface area contributed by atoms with Crippen molar-refractivity contribution >= 4 is 0 Å². The summed E-state index contributed by atoms with van der Waals surface area (Å²) >= 11 is 0. The Balaban J connectivity index is -0.000000198. The molecule has 3 aliphatic rings. The lowest BCUT2D eigenvalue weighted by molar-refractivity contribution is -0.0946. The van der Waals surface area contributed by atoms with E-state index in [0.29, 0.717) is 57.2 Å². The average Bonchev–Trinajstić information content (AvgIpc) is 1.20. The lowest BCUT2D eigenvalue weighted by atomic mass is 9.57. The molecule has 3 rings (SSSR count). The van der Waals surface area contributed by atoms with Gasteiger partial charge in [0.2, 0.25) is 0 Å². The van der Waals surface area contributed by atoms with Gasteiger partial charge >= 0.3 is 0 Å². The summed E-state index contributed by atoms with van der Waals surface area (Å²) in [5.74, 6) is 4.20. The molecule has 0 aromatic carbocycles. The molecule has 0 spiro atoms. The van der Waals surface area contributed by atoms with Crippen LogP contribution in [-0.2, 0) is 0 Å². The van der Waals surface area contributed by atoms with Crippen LogP contribution in [0.2, 0.25) is 0 Å². The Morgan fingerprint density at radius 2 is 0.485 bits per heavy atom. The van der Waals surface area contributed by atoms with Gasteiger partial charge in [0.25, 0.3) is 0 Å². The van der Waals surface area contributed by atoms with Crippen LogP contribution < -0.4 is 0 Å². The van der Waals surface area contributed by atoms with Crippen LogP contribution >= 0.6 is 0 Å². The second-order valence-electron chi connectivity index (χ2n) is 41.8. The number of alkyl halides is 7. The summed E-state index contributed by atoms with van der Waals surface area (Å²) in [5, 5.41) is 0. The van der Waals surface area contributed by atoms with Gasteiger partial charge in [0.15, 0.2) is 0 Å². The van der Waals surface area contributed by atoms with E-state index in [1.54, 1.807) is 34.6 Å². The predicted octanol–water partition coefficient (Wildman–Crippen LogP) is 35.3. The summed E-state index contributed by atoms with van der Waals surface area (Å²) in [4.78, 5) is 0. The molecule has 0 aliphatic heterocycles. The van der Waals surface area contributed by atoms with Gasteiger partial charge in [-0.05, 0) is 224 Å². The van der Waals surface area contributed by atoms with Crippen LogP contribution in [0.25, 0.3) is 0 Å². The fourth-order valence-electron chi connectivity index (χ4n) is 15.7. The van der Waals surface area contributed by atoms with E-state index in [1.807, 2.05) is 27.7 Å². The normalized spacial score (nSPS) is 17.8. The van der Waals surface area contributed by atoms with E-state index < -0.39 is 39.7 Å². The largest absolute Gasteiger partial charge is 0.244 e. The van der Waals surface area contributed by atoms with Crippen molar-refractivity contribution in [1.82, 2.24) is 0 Å². The summed E-state index contributed by atoms with van der Waals surface area (Å²) in [7, 11) is 0. The van der Waals surface area contributed by atoms with E-state index in [1.165, 1.54) is 12.8 Å². The van der Waals surface area contributed by atoms with Crippen LogP contribution in [0.1, 0.15) is 460 Å². The maximum atomic E-state index is 15.4. The Hall–Kier alpha value is -0.490. The molecule has 0 heterocycles. The molecule has 620 valence electrons. The van der Waals surface area contributed by atoms with Gasteiger partial charge < -0.3 is 0 Å². The van der Waals surface area contributed by atoms with Crippen LogP contribution in [0.15, 0.2) is 0 Å². The minimum Gasteiger partial charge on any atom is -0.244 e. The van der Waals surface area contributed by atoms with E-state index in [0.717, 1.165) is 134 Å². The van der Waals surface area contributed by atoms with Crippen LogP contribution in [0.5, 0.6) is 0 Å². The Morgan fingerprint density at radius 3 is 0.614 bits per heavy atom. The van der Waals surface area contributed by atoms with Gasteiger partial charge in [0.1, 0.15) is 39.7 Å². The second-order valence-corrected chi connectivity index (χ2v) is 41.8. The molecule has 0 aromatic rings. The number of halogens is 7. The van der Waals surface area contributed by atoms with Crippen molar-refractivity contribution in [2.75, 3.05) is 0 Å². The van der Waals surface area contributed by atoms with Crippen molar-refractivity contribution in [3.05, 3.63) is 0 Å². The molecule has 3 aliphatic carbocycles.